The van der Waals surface area contributed by atoms with E-state index in [1.54, 1.807) is 0 Å². The van der Waals surface area contributed by atoms with Gasteiger partial charge in [0.05, 0.1) is 12.5 Å². The summed E-state index contributed by atoms with van der Waals surface area (Å²) in [5.41, 5.74) is 3.43. The smallest absolute Gasteiger partial charge is 0.224 e. The topological polar surface area (TPSA) is 29.1 Å². The Bertz CT molecular complexity index is 624. The molecule has 0 aliphatic heterocycles. The fourth-order valence-electron chi connectivity index (χ4n) is 2.46. The zero-order chi connectivity index (χ0) is 15.2. The van der Waals surface area contributed by atoms with Crippen LogP contribution in [0.15, 0.2) is 53.0 Å². The summed E-state index contributed by atoms with van der Waals surface area (Å²) in [4.78, 5) is 12.3. The van der Waals surface area contributed by atoms with Gasteiger partial charge in [0.25, 0.3) is 0 Å². The van der Waals surface area contributed by atoms with Gasteiger partial charge in [-0.15, -0.1) is 0 Å². The van der Waals surface area contributed by atoms with Crippen LogP contribution in [0.3, 0.4) is 0 Å². The largest absolute Gasteiger partial charge is 0.349 e. The van der Waals surface area contributed by atoms with Gasteiger partial charge in [-0.1, -0.05) is 59.3 Å². The molecule has 0 bridgehead atoms. The number of benzene rings is 2. The highest BCUT2D eigenvalue weighted by molar-refractivity contribution is 9.10. The Morgan fingerprint density at radius 2 is 1.95 bits per heavy atom. The molecule has 1 amide bonds. The fourth-order valence-corrected chi connectivity index (χ4v) is 2.90. The van der Waals surface area contributed by atoms with Crippen molar-refractivity contribution in [3.63, 3.8) is 0 Å². The quantitative estimate of drug-likeness (QED) is 0.844. The summed E-state index contributed by atoms with van der Waals surface area (Å²) in [6.07, 6.45) is 1.29. The van der Waals surface area contributed by atoms with Crippen LogP contribution in [0.25, 0.3) is 0 Å². The molecule has 0 spiro atoms. The van der Waals surface area contributed by atoms with Gasteiger partial charge in [0, 0.05) is 4.47 Å². The highest BCUT2D eigenvalue weighted by Crippen LogP contribution is 2.20. The molecule has 0 aliphatic rings. The van der Waals surface area contributed by atoms with Gasteiger partial charge in [-0.05, 0) is 42.2 Å². The summed E-state index contributed by atoms with van der Waals surface area (Å²) >= 11 is 3.43. The Balaban J connectivity index is 2.05. The lowest BCUT2D eigenvalue weighted by Crippen LogP contribution is -2.29. The first kappa shape index (κ1) is 15.8. The Morgan fingerprint density at radius 1 is 1.19 bits per heavy atom. The molecular formula is C18H20BrNO. The maximum Gasteiger partial charge on any atom is 0.224 e. The van der Waals surface area contributed by atoms with E-state index >= 15 is 0 Å². The van der Waals surface area contributed by atoms with Crippen molar-refractivity contribution in [2.24, 2.45) is 0 Å². The van der Waals surface area contributed by atoms with Crippen LogP contribution < -0.4 is 5.32 Å². The number of rotatable bonds is 5. The van der Waals surface area contributed by atoms with E-state index in [-0.39, 0.29) is 11.9 Å². The van der Waals surface area contributed by atoms with Crippen LogP contribution in [0.2, 0.25) is 0 Å². The first-order chi connectivity index (χ1) is 10.1. The number of nitrogens with one attached hydrogen (secondary N) is 1. The van der Waals surface area contributed by atoms with E-state index in [2.05, 4.69) is 47.2 Å². The average Bonchev–Trinajstić information content (AvgIpc) is 2.45. The molecule has 2 aromatic carbocycles. The zero-order valence-electron chi connectivity index (χ0n) is 12.4. The molecule has 1 N–H and O–H groups in total. The van der Waals surface area contributed by atoms with Crippen LogP contribution in [0.4, 0.5) is 0 Å². The molecule has 2 aromatic rings. The monoisotopic (exact) mass is 345 g/mol. The Labute approximate surface area is 134 Å². The van der Waals surface area contributed by atoms with Crippen LogP contribution in [0, 0.1) is 6.92 Å². The van der Waals surface area contributed by atoms with Gasteiger partial charge in [-0.25, -0.2) is 0 Å². The van der Waals surface area contributed by atoms with Gasteiger partial charge in [-0.2, -0.15) is 0 Å². The van der Waals surface area contributed by atoms with Crippen molar-refractivity contribution < 1.29 is 4.79 Å². The van der Waals surface area contributed by atoms with E-state index in [0.717, 1.165) is 16.5 Å². The number of carbonyl (C=O) groups excluding carboxylic acids is 1. The third-order valence-electron chi connectivity index (χ3n) is 3.56. The van der Waals surface area contributed by atoms with Crippen molar-refractivity contribution in [3.8, 4) is 0 Å². The highest BCUT2D eigenvalue weighted by Gasteiger charge is 2.14. The number of amides is 1. The third kappa shape index (κ3) is 4.43. The Morgan fingerprint density at radius 3 is 2.62 bits per heavy atom. The third-order valence-corrected chi connectivity index (χ3v) is 4.05. The van der Waals surface area contributed by atoms with Gasteiger partial charge < -0.3 is 5.32 Å². The molecule has 2 nitrogen and oxygen atoms in total. The molecule has 0 fully saturated rings. The molecule has 3 heteroatoms. The van der Waals surface area contributed by atoms with Gasteiger partial charge >= 0.3 is 0 Å². The molecule has 0 saturated carbocycles. The van der Waals surface area contributed by atoms with E-state index in [1.807, 2.05) is 36.4 Å². The highest BCUT2D eigenvalue weighted by atomic mass is 79.9. The fraction of sp³-hybridized carbons (Fsp3) is 0.278. The number of aryl methyl sites for hydroxylation is 1. The Hall–Kier alpha value is -1.61. The minimum absolute atomic E-state index is 0.0585. The van der Waals surface area contributed by atoms with Crippen molar-refractivity contribution >= 4 is 21.8 Å². The molecule has 0 radical (unpaired) electrons. The van der Waals surface area contributed by atoms with Gasteiger partial charge in [0.2, 0.25) is 5.91 Å². The van der Waals surface area contributed by atoms with E-state index in [4.69, 9.17) is 0 Å². The van der Waals surface area contributed by atoms with E-state index in [0.29, 0.717) is 6.42 Å². The molecular weight excluding hydrogens is 326 g/mol. The van der Waals surface area contributed by atoms with Gasteiger partial charge in [-0.3, -0.25) is 4.79 Å². The second-order valence-electron chi connectivity index (χ2n) is 5.19. The minimum atomic E-state index is 0.0585. The lowest BCUT2D eigenvalue weighted by atomic mass is 9.99. The molecule has 21 heavy (non-hydrogen) atoms. The summed E-state index contributed by atoms with van der Waals surface area (Å²) in [6, 6.07) is 16.1. The number of hydrogen-bond donors (Lipinski definition) is 1. The van der Waals surface area contributed by atoms with E-state index in [1.165, 1.54) is 11.1 Å². The lowest BCUT2D eigenvalue weighted by Gasteiger charge is -2.19. The van der Waals surface area contributed by atoms with E-state index in [9.17, 15) is 4.79 Å². The molecule has 2 rings (SSSR count). The van der Waals surface area contributed by atoms with Crippen LogP contribution >= 0.6 is 15.9 Å². The summed E-state index contributed by atoms with van der Waals surface area (Å²) in [6.45, 7) is 4.18. The maximum atomic E-state index is 12.3. The number of hydrogen-bond acceptors (Lipinski definition) is 1. The van der Waals surface area contributed by atoms with Crippen molar-refractivity contribution in [2.45, 2.75) is 32.7 Å². The normalized spacial score (nSPS) is 12.0. The van der Waals surface area contributed by atoms with Gasteiger partial charge in [0.15, 0.2) is 0 Å². The van der Waals surface area contributed by atoms with Crippen molar-refractivity contribution in [3.05, 3.63) is 69.7 Å². The van der Waals surface area contributed by atoms with Crippen LogP contribution in [-0.4, -0.2) is 5.91 Å². The molecule has 0 heterocycles. The van der Waals surface area contributed by atoms with Gasteiger partial charge in [0.1, 0.15) is 0 Å². The molecule has 0 saturated heterocycles. The molecule has 0 aromatic heterocycles. The second-order valence-corrected chi connectivity index (χ2v) is 6.11. The summed E-state index contributed by atoms with van der Waals surface area (Å²) in [5.74, 6) is 0.0585. The van der Waals surface area contributed by atoms with Crippen LogP contribution in [-0.2, 0) is 11.2 Å². The van der Waals surface area contributed by atoms with E-state index < -0.39 is 0 Å². The standard InChI is InChI=1S/C18H20BrNO/c1-3-17(16-10-5-4-7-13(16)2)20-18(21)12-14-8-6-9-15(19)11-14/h4-11,17H,3,12H2,1-2H3,(H,20,21)/t17-/m1/s1. The summed E-state index contributed by atoms with van der Waals surface area (Å²) in [5, 5.41) is 3.14. The minimum Gasteiger partial charge on any atom is -0.349 e. The molecule has 0 unspecified atom stereocenters. The second kappa shape index (κ2) is 7.41. The average molecular weight is 346 g/mol. The van der Waals surface area contributed by atoms with Crippen molar-refractivity contribution in [1.82, 2.24) is 5.32 Å². The molecule has 0 aliphatic carbocycles. The van der Waals surface area contributed by atoms with Crippen molar-refractivity contribution in [2.75, 3.05) is 0 Å². The SMILES string of the molecule is CC[C@@H](NC(=O)Cc1cccc(Br)c1)c1ccccc1C. The number of halogens is 1. The summed E-state index contributed by atoms with van der Waals surface area (Å²) in [7, 11) is 0. The lowest BCUT2D eigenvalue weighted by molar-refractivity contribution is -0.121. The molecule has 1 atom stereocenters. The maximum absolute atomic E-state index is 12.3. The van der Waals surface area contributed by atoms with Crippen LogP contribution in [0.1, 0.15) is 36.1 Å². The Kier molecular flexibility index (Phi) is 5.57. The van der Waals surface area contributed by atoms with Crippen LogP contribution in [0.5, 0.6) is 0 Å². The first-order valence-corrected chi connectivity index (χ1v) is 7.98. The number of carbonyl (C=O) groups is 1. The first-order valence-electron chi connectivity index (χ1n) is 7.19. The summed E-state index contributed by atoms with van der Waals surface area (Å²) < 4.78 is 0.999. The van der Waals surface area contributed by atoms with Crippen molar-refractivity contribution in [1.29, 1.82) is 0 Å². The molecule has 110 valence electrons. The zero-order valence-corrected chi connectivity index (χ0v) is 14.0. The predicted octanol–water partition coefficient (Wildman–Crippen LogP) is 4.57. The predicted molar refractivity (Wildman–Crippen MR) is 90.2 cm³/mol.